The molecule has 0 bridgehead atoms. The summed E-state index contributed by atoms with van der Waals surface area (Å²) in [6.07, 6.45) is 1.74. The van der Waals surface area contributed by atoms with Crippen LogP contribution in [-0.4, -0.2) is 77.5 Å². The monoisotopic (exact) mass is 297 g/mol. The van der Waals surface area contributed by atoms with Crippen molar-refractivity contribution in [3.63, 3.8) is 0 Å². The third kappa shape index (κ3) is 2.96. The average Bonchev–Trinajstić information content (AvgIpc) is 2.83. The fraction of sp³-hybridized carbons (Fsp3) is 0.786. The minimum atomic E-state index is -0.841. The number of carboxylic acids is 1. The molecule has 1 unspecified atom stereocenters. The van der Waals surface area contributed by atoms with Crippen LogP contribution in [0.1, 0.15) is 26.2 Å². The second-order valence-corrected chi connectivity index (χ2v) is 5.98. The average molecular weight is 297 g/mol. The second-order valence-electron chi connectivity index (χ2n) is 5.98. The first-order valence-electron chi connectivity index (χ1n) is 7.41. The number of urea groups is 1. The maximum absolute atomic E-state index is 12.5. The van der Waals surface area contributed by atoms with Gasteiger partial charge in [-0.05, 0) is 19.3 Å². The van der Waals surface area contributed by atoms with Gasteiger partial charge in [-0.25, -0.2) is 4.79 Å². The van der Waals surface area contributed by atoms with E-state index in [4.69, 9.17) is 0 Å². The van der Waals surface area contributed by atoms with E-state index in [0.717, 1.165) is 6.42 Å². The lowest BCUT2D eigenvalue weighted by atomic mass is 9.84. The Balaban J connectivity index is 2.04. The van der Waals surface area contributed by atoms with Crippen molar-refractivity contribution in [1.82, 2.24) is 14.7 Å². The number of likely N-dealkylation sites (tertiary alicyclic amines) is 1. The standard InChI is InChI=1S/C14H23N3O4/c1-3-14(12(19)20)5-8-17(10-14)13(21)16-7-4-6-15(2)11(18)9-16/h3-10H2,1-2H3,(H,19,20). The van der Waals surface area contributed by atoms with Crippen molar-refractivity contribution in [2.75, 3.05) is 39.8 Å². The van der Waals surface area contributed by atoms with Gasteiger partial charge < -0.3 is 19.8 Å². The van der Waals surface area contributed by atoms with Crippen molar-refractivity contribution in [3.05, 3.63) is 0 Å². The van der Waals surface area contributed by atoms with Crippen LogP contribution in [0.25, 0.3) is 0 Å². The van der Waals surface area contributed by atoms with Crippen molar-refractivity contribution >= 4 is 17.9 Å². The zero-order valence-corrected chi connectivity index (χ0v) is 12.7. The molecule has 0 aliphatic carbocycles. The lowest BCUT2D eigenvalue weighted by Crippen LogP contribution is -2.46. The van der Waals surface area contributed by atoms with Gasteiger partial charge in [0.15, 0.2) is 0 Å². The molecule has 2 saturated heterocycles. The molecule has 2 rings (SSSR count). The smallest absolute Gasteiger partial charge is 0.320 e. The van der Waals surface area contributed by atoms with E-state index < -0.39 is 11.4 Å². The third-order valence-corrected chi connectivity index (χ3v) is 4.70. The van der Waals surface area contributed by atoms with Crippen LogP contribution in [0, 0.1) is 5.41 Å². The number of rotatable bonds is 2. The highest BCUT2D eigenvalue weighted by molar-refractivity contribution is 5.85. The number of carboxylic acid groups (broad SMARTS) is 1. The SMILES string of the molecule is CCC1(C(=O)O)CCN(C(=O)N2CCCN(C)C(=O)C2)C1. The molecular weight excluding hydrogens is 274 g/mol. The molecule has 0 aromatic rings. The molecule has 118 valence electrons. The van der Waals surface area contributed by atoms with Crippen LogP contribution >= 0.6 is 0 Å². The van der Waals surface area contributed by atoms with Crippen molar-refractivity contribution in [1.29, 1.82) is 0 Å². The fourth-order valence-electron chi connectivity index (χ4n) is 3.00. The van der Waals surface area contributed by atoms with Gasteiger partial charge in [-0.1, -0.05) is 6.92 Å². The van der Waals surface area contributed by atoms with Crippen LogP contribution in [0.5, 0.6) is 0 Å². The highest BCUT2D eigenvalue weighted by Gasteiger charge is 2.45. The minimum Gasteiger partial charge on any atom is -0.481 e. The van der Waals surface area contributed by atoms with E-state index in [0.29, 0.717) is 32.5 Å². The summed E-state index contributed by atoms with van der Waals surface area (Å²) in [4.78, 5) is 40.6. The largest absolute Gasteiger partial charge is 0.481 e. The lowest BCUT2D eigenvalue weighted by molar-refractivity contribution is -0.148. The fourth-order valence-corrected chi connectivity index (χ4v) is 3.00. The van der Waals surface area contributed by atoms with Crippen molar-refractivity contribution in [3.8, 4) is 0 Å². The number of aliphatic carboxylic acids is 1. The van der Waals surface area contributed by atoms with Crippen LogP contribution in [0.15, 0.2) is 0 Å². The molecule has 7 nitrogen and oxygen atoms in total. The summed E-state index contributed by atoms with van der Waals surface area (Å²) in [5.74, 6) is -0.910. The Morgan fingerprint density at radius 1 is 1.24 bits per heavy atom. The van der Waals surface area contributed by atoms with Crippen LogP contribution in [0.3, 0.4) is 0 Å². The number of likely N-dealkylation sites (N-methyl/N-ethyl adjacent to an activating group) is 1. The first kappa shape index (κ1) is 15.6. The molecule has 0 spiro atoms. The van der Waals surface area contributed by atoms with Gasteiger partial charge in [0.25, 0.3) is 0 Å². The van der Waals surface area contributed by atoms with Gasteiger partial charge in [0.2, 0.25) is 5.91 Å². The van der Waals surface area contributed by atoms with E-state index in [-0.39, 0.29) is 25.0 Å². The van der Waals surface area contributed by atoms with E-state index in [9.17, 15) is 19.5 Å². The third-order valence-electron chi connectivity index (χ3n) is 4.70. The molecule has 2 aliphatic rings. The number of hydrogen-bond donors (Lipinski definition) is 1. The zero-order chi connectivity index (χ0) is 15.6. The van der Waals surface area contributed by atoms with Gasteiger partial charge in [-0.3, -0.25) is 9.59 Å². The highest BCUT2D eigenvalue weighted by atomic mass is 16.4. The summed E-state index contributed by atoms with van der Waals surface area (Å²) in [5, 5.41) is 9.38. The van der Waals surface area contributed by atoms with Crippen LogP contribution in [0.4, 0.5) is 4.79 Å². The number of nitrogens with zero attached hydrogens (tertiary/aromatic N) is 3. The van der Waals surface area contributed by atoms with E-state index in [2.05, 4.69) is 0 Å². The molecule has 21 heavy (non-hydrogen) atoms. The first-order chi connectivity index (χ1) is 9.89. The van der Waals surface area contributed by atoms with E-state index >= 15 is 0 Å². The summed E-state index contributed by atoms with van der Waals surface area (Å²) in [5.41, 5.74) is -0.831. The molecule has 2 heterocycles. The summed E-state index contributed by atoms with van der Waals surface area (Å²) >= 11 is 0. The molecule has 3 amide bonds. The predicted octanol–water partition coefficient (Wildman–Crippen LogP) is 0.457. The normalized spacial score (nSPS) is 27.0. The Morgan fingerprint density at radius 2 is 1.95 bits per heavy atom. The topological polar surface area (TPSA) is 81.2 Å². The van der Waals surface area contributed by atoms with Gasteiger partial charge in [0.05, 0.1) is 5.41 Å². The van der Waals surface area contributed by atoms with Crippen molar-refractivity contribution in [2.45, 2.75) is 26.2 Å². The Morgan fingerprint density at radius 3 is 2.52 bits per heavy atom. The maximum Gasteiger partial charge on any atom is 0.320 e. The van der Waals surface area contributed by atoms with E-state index in [1.807, 2.05) is 6.92 Å². The molecule has 0 radical (unpaired) electrons. The van der Waals surface area contributed by atoms with Gasteiger partial charge in [0, 0.05) is 33.2 Å². The predicted molar refractivity (Wildman–Crippen MR) is 75.8 cm³/mol. The Labute approximate surface area is 124 Å². The molecule has 7 heteroatoms. The van der Waals surface area contributed by atoms with Gasteiger partial charge in [-0.15, -0.1) is 0 Å². The molecule has 2 aliphatic heterocycles. The Bertz CT molecular complexity index is 454. The lowest BCUT2D eigenvalue weighted by Gasteiger charge is -2.28. The summed E-state index contributed by atoms with van der Waals surface area (Å²) in [6.45, 7) is 3.79. The molecule has 1 N–H and O–H groups in total. The molecule has 2 fully saturated rings. The molecule has 0 aromatic heterocycles. The van der Waals surface area contributed by atoms with Crippen LogP contribution in [-0.2, 0) is 9.59 Å². The Kier molecular flexibility index (Phi) is 4.39. The first-order valence-corrected chi connectivity index (χ1v) is 7.41. The summed E-state index contributed by atoms with van der Waals surface area (Å²) in [6, 6.07) is -0.213. The minimum absolute atomic E-state index is 0.0694. The van der Waals surface area contributed by atoms with Crippen molar-refractivity contribution < 1.29 is 19.5 Å². The number of carbonyl (C=O) groups is 3. The van der Waals surface area contributed by atoms with Gasteiger partial charge in [-0.2, -0.15) is 0 Å². The molecule has 0 saturated carbocycles. The summed E-state index contributed by atoms with van der Waals surface area (Å²) < 4.78 is 0. The molecular formula is C14H23N3O4. The quantitative estimate of drug-likeness (QED) is 0.803. The van der Waals surface area contributed by atoms with Gasteiger partial charge in [0.1, 0.15) is 6.54 Å². The highest BCUT2D eigenvalue weighted by Crippen LogP contribution is 2.34. The number of hydrogen-bond acceptors (Lipinski definition) is 3. The summed E-state index contributed by atoms with van der Waals surface area (Å²) in [7, 11) is 1.73. The van der Waals surface area contributed by atoms with E-state index in [1.54, 1.807) is 21.7 Å². The van der Waals surface area contributed by atoms with E-state index in [1.165, 1.54) is 0 Å². The van der Waals surface area contributed by atoms with Crippen LogP contribution < -0.4 is 0 Å². The molecule has 1 atom stereocenters. The van der Waals surface area contributed by atoms with Gasteiger partial charge >= 0.3 is 12.0 Å². The molecule has 0 aromatic carbocycles. The zero-order valence-electron chi connectivity index (χ0n) is 12.7. The second kappa shape index (κ2) is 5.91. The number of carbonyl (C=O) groups excluding carboxylic acids is 2. The Hall–Kier alpha value is -1.79. The maximum atomic E-state index is 12.5. The number of amides is 3. The van der Waals surface area contributed by atoms with Crippen LogP contribution in [0.2, 0.25) is 0 Å². The van der Waals surface area contributed by atoms with Crippen molar-refractivity contribution in [2.24, 2.45) is 5.41 Å².